The van der Waals surface area contributed by atoms with Gasteiger partial charge >= 0.3 is 0 Å². The Labute approximate surface area is 136 Å². The van der Waals surface area contributed by atoms with E-state index in [4.69, 9.17) is 9.47 Å². The number of carbonyl (C=O) groups is 1. The third kappa shape index (κ3) is 4.22. The minimum Gasteiger partial charge on any atom is -0.493 e. The van der Waals surface area contributed by atoms with Gasteiger partial charge in [0.05, 0.1) is 38.4 Å². The Hall–Kier alpha value is -1.63. The quantitative estimate of drug-likeness (QED) is 0.849. The summed E-state index contributed by atoms with van der Waals surface area (Å²) in [5, 5.41) is 10.3. The summed E-state index contributed by atoms with van der Waals surface area (Å²) >= 11 is 0. The Bertz CT molecular complexity index is 505. The summed E-state index contributed by atoms with van der Waals surface area (Å²) in [6, 6.07) is 9.51. The summed E-state index contributed by atoms with van der Waals surface area (Å²) in [6.45, 7) is 4.39. The second-order valence-electron chi connectivity index (χ2n) is 5.99. The number of nitrogens with zero attached hydrogens (tertiary/aromatic N) is 2. The summed E-state index contributed by atoms with van der Waals surface area (Å²) in [6.07, 6.45) is -0.149. The van der Waals surface area contributed by atoms with E-state index in [1.54, 1.807) is 4.90 Å². The maximum Gasteiger partial charge on any atom is 0.226 e. The fourth-order valence-electron chi connectivity index (χ4n) is 3.17. The zero-order valence-electron chi connectivity index (χ0n) is 13.3. The molecule has 2 heterocycles. The summed E-state index contributed by atoms with van der Waals surface area (Å²) in [5.41, 5.74) is 0. The fourth-order valence-corrected chi connectivity index (χ4v) is 3.17. The van der Waals surface area contributed by atoms with Crippen molar-refractivity contribution in [3.05, 3.63) is 30.3 Å². The van der Waals surface area contributed by atoms with Gasteiger partial charge in [-0.1, -0.05) is 18.2 Å². The molecule has 1 amide bonds. The molecule has 6 heteroatoms. The smallest absolute Gasteiger partial charge is 0.226 e. The van der Waals surface area contributed by atoms with E-state index in [0.29, 0.717) is 39.3 Å². The van der Waals surface area contributed by atoms with Gasteiger partial charge in [0.25, 0.3) is 0 Å². The van der Waals surface area contributed by atoms with Gasteiger partial charge in [0, 0.05) is 26.2 Å². The Balaban J connectivity index is 1.44. The van der Waals surface area contributed by atoms with Crippen LogP contribution in [-0.2, 0) is 9.53 Å². The predicted molar refractivity (Wildman–Crippen MR) is 85.3 cm³/mol. The minimum atomic E-state index is -0.480. The number of ether oxygens (including phenoxy) is 2. The largest absolute Gasteiger partial charge is 0.493 e. The Kier molecular flexibility index (Phi) is 5.48. The molecule has 0 radical (unpaired) electrons. The molecular formula is C17H24N2O4. The molecular weight excluding hydrogens is 296 g/mol. The first-order chi connectivity index (χ1) is 11.2. The van der Waals surface area contributed by atoms with E-state index in [9.17, 15) is 9.90 Å². The summed E-state index contributed by atoms with van der Waals surface area (Å²) in [5.74, 6) is 0.809. The van der Waals surface area contributed by atoms with Crippen LogP contribution in [0.1, 0.15) is 6.42 Å². The van der Waals surface area contributed by atoms with Gasteiger partial charge in [-0.15, -0.1) is 0 Å². The number of para-hydroxylation sites is 1. The number of amides is 1. The number of aliphatic hydroxyl groups excluding tert-OH is 1. The van der Waals surface area contributed by atoms with E-state index < -0.39 is 6.10 Å². The van der Waals surface area contributed by atoms with Gasteiger partial charge in [0.15, 0.2) is 0 Å². The molecule has 2 fully saturated rings. The first kappa shape index (κ1) is 16.2. The average molecular weight is 320 g/mol. The van der Waals surface area contributed by atoms with Crippen LogP contribution in [-0.4, -0.2) is 79.0 Å². The van der Waals surface area contributed by atoms with E-state index in [1.807, 2.05) is 30.3 Å². The molecule has 2 saturated heterocycles. The maximum absolute atomic E-state index is 12.3. The van der Waals surface area contributed by atoms with Crippen LogP contribution in [0.5, 0.6) is 5.75 Å². The number of likely N-dealkylation sites (tertiary alicyclic amines) is 1. The van der Waals surface area contributed by atoms with Crippen LogP contribution in [0.15, 0.2) is 30.3 Å². The SMILES string of the molecule is O=C(CCOc1ccccc1)N1C[C@@H](O)[C@H](N2CCOCC2)C1. The van der Waals surface area contributed by atoms with E-state index >= 15 is 0 Å². The lowest BCUT2D eigenvalue weighted by atomic mass is 10.1. The van der Waals surface area contributed by atoms with Gasteiger partial charge in [0.1, 0.15) is 5.75 Å². The molecule has 1 aromatic carbocycles. The molecule has 1 N–H and O–H groups in total. The second kappa shape index (κ2) is 7.77. The molecule has 126 valence electrons. The molecule has 0 unspecified atom stereocenters. The lowest BCUT2D eigenvalue weighted by Gasteiger charge is -2.33. The van der Waals surface area contributed by atoms with Gasteiger partial charge in [-0.05, 0) is 12.1 Å². The molecule has 0 saturated carbocycles. The molecule has 2 atom stereocenters. The molecule has 2 aliphatic rings. The lowest BCUT2D eigenvalue weighted by Crippen LogP contribution is -2.49. The molecule has 1 aromatic rings. The van der Waals surface area contributed by atoms with Gasteiger partial charge in [-0.3, -0.25) is 9.69 Å². The van der Waals surface area contributed by atoms with Crippen LogP contribution >= 0.6 is 0 Å². The topological polar surface area (TPSA) is 62.2 Å². The summed E-state index contributed by atoms with van der Waals surface area (Å²) < 4.78 is 10.9. The molecule has 2 aliphatic heterocycles. The van der Waals surface area contributed by atoms with Gasteiger partial charge < -0.3 is 19.5 Å². The number of rotatable bonds is 5. The third-order valence-corrected chi connectivity index (χ3v) is 4.45. The number of β-amino-alcohol motifs (C(OH)–C–C–N with tert-alkyl or cyclic N) is 1. The highest BCUT2D eigenvalue weighted by molar-refractivity contribution is 5.76. The van der Waals surface area contributed by atoms with Crippen molar-refractivity contribution < 1.29 is 19.4 Å². The van der Waals surface area contributed by atoms with Crippen molar-refractivity contribution in [2.75, 3.05) is 46.0 Å². The van der Waals surface area contributed by atoms with Crippen molar-refractivity contribution in [3.63, 3.8) is 0 Å². The standard InChI is InChI=1S/C17H24N2O4/c20-16-13-19(12-15(16)18-7-10-22-11-8-18)17(21)6-9-23-14-4-2-1-3-5-14/h1-5,15-16,20H,6-13H2/t15-,16-/m1/s1. The Morgan fingerprint density at radius 3 is 2.70 bits per heavy atom. The van der Waals surface area contributed by atoms with Crippen LogP contribution in [0.3, 0.4) is 0 Å². The van der Waals surface area contributed by atoms with E-state index in [0.717, 1.165) is 18.8 Å². The van der Waals surface area contributed by atoms with Crippen molar-refractivity contribution >= 4 is 5.91 Å². The third-order valence-electron chi connectivity index (χ3n) is 4.45. The summed E-state index contributed by atoms with van der Waals surface area (Å²) in [4.78, 5) is 16.3. The first-order valence-electron chi connectivity index (χ1n) is 8.19. The first-order valence-corrected chi connectivity index (χ1v) is 8.19. The van der Waals surface area contributed by atoms with Crippen molar-refractivity contribution in [1.82, 2.24) is 9.80 Å². The number of aliphatic hydroxyl groups is 1. The lowest BCUT2D eigenvalue weighted by molar-refractivity contribution is -0.131. The highest BCUT2D eigenvalue weighted by Gasteiger charge is 2.37. The molecule has 6 nitrogen and oxygen atoms in total. The van der Waals surface area contributed by atoms with E-state index in [-0.39, 0.29) is 11.9 Å². The zero-order valence-corrected chi connectivity index (χ0v) is 13.3. The Morgan fingerprint density at radius 2 is 1.96 bits per heavy atom. The van der Waals surface area contributed by atoms with Crippen LogP contribution in [0.25, 0.3) is 0 Å². The molecule has 3 rings (SSSR count). The van der Waals surface area contributed by atoms with E-state index in [2.05, 4.69) is 4.90 Å². The highest BCUT2D eigenvalue weighted by atomic mass is 16.5. The number of hydrogen-bond donors (Lipinski definition) is 1. The highest BCUT2D eigenvalue weighted by Crippen LogP contribution is 2.18. The van der Waals surface area contributed by atoms with Crippen molar-refractivity contribution in [2.24, 2.45) is 0 Å². The predicted octanol–water partition coefficient (Wildman–Crippen LogP) is 0.359. The van der Waals surface area contributed by atoms with Gasteiger partial charge in [-0.2, -0.15) is 0 Å². The van der Waals surface area contributed by atoms with Crippen molar-refractivity contribution in [2.45, 2.75) is 18.6 Å². The number of carbonyl (C=O) groups excluding carboxylic acids is 1. The molecule has 0 bridgehead atoms. The second-order valence-corrected chi connectivity index (χ2v) is 5.99. The number of hydrogen-bond acceptors (Lipinski definition) is 5. The molecule has 0 aliphatic carbocycles. The van der Waals surface area contributed by atoms with E-state index in [1.165, 1.54) is 0 Å². The number of morpholine rings is 1. The van der Waals surface area contributed by atoms with Crippen LogP contribution in [0.2, 0.25) is 0 Å². The molecule has 0 spiro atoms. The zero-order chi connectivity index (χ0) is 16.1. The maximum atomic E-state index is 12.3. The normalized spacial score (nSPS) is 25.5. The van der Waals surface area contributed by atoms with Crippen LogP contribution < -0.4 is 4.74 Å². The van der Waals surface area contributed by atoms with Gasteiger partial charge in [0.2, 0.25) is 5.91 Å². The molecule has 23 heavy (non-hydrogen) atoms. The number of benzene rings is 1. The average Bonchev–Trinajstić information content (AvgIpc) is 2.98. The monoisotopic (exact) mass is 320 g/mol. The fraction of sp³-hybridized carbons (Fsp3) is 0.588. The van der Waals surface area contributed by atoms with Crippen molar-refractivity contribution in [1.29, 1.82) is 0 Å². The van der Waals surface area contributed by atoms with Crippen LogP contribution in [0.4, 0.5) is 0 Å². The Morgan fingerprint density at radius 1 is 1.22 bits per heavy atom. The van der Waals surface area contributed by atoms with Gasteiger partial charge in [-0.25, -0.2) is 0 Å². The molecule has 0 aromatic heterocycles. The van der Waals surface area contributed by atoms with Crippen LogP contribution in [0, 0.1) is 0 Å². The minimum absolute atomic E-state index is 0.0258. The summed E-state index contributed by atoms with van der Waals surface area (Å²) in [7, 11) is 0. The van der Waals surface area contributed by atoms with Crippen molar-refractivity contribution in [3.8, 4) is 5.75 Å².